The van der Waals surface area contributed by atoms with Crippen LogP contribution in [0, 0.1) is 5.82 Å². The maximum Gasteiger partial charge on any atom is 0.251 e. The molecule has 0 spiro atoms. The fraction of sp³-hybridized carbons (Fsp3) is 0.533. The highest BCUT2D eigenvalue weighted by Crippen LogP contribution is 2.12. The minimum absolute atomic E-state index is 0.0612. The molecule has 0 unspecified atom stereocenters. The van der Waals surface area contributed by atoms with Gasteiger partial charge in [0.2, 0.25) is 0 Å². The minimum atomic E-state index is -0.551. The van der Waals surface area contributed by atoms with E-state index in [1.165, 1.54) is 37.8 Å². The molecule has 1 heterocycles. The Morgan fingerprint density at radius 3 is 2.60 bits per heavy atom. The van der Waals surface area contributed by atoms with Gasteiger partial charge in [0, 0.05) is 18.7 Å². The van der Waals surface area contributed by atoms with Crippen molar-refractivity contribution in [1.29, 1.82) is 0 Å². The molecule has 1 aliphatic heterocycles. The minimum Gasteiger partial charge on any atom is -0.396 e. The molecule has 1 aromatic carbocycles. The number of rotatable bonds is 4. The summed E-state index contributed by atoms with van der Waals surface area (Å²) in [6, 6.07) is 4.13. The van der Waals surface area contributed by atoms with E-state index in [2.05, 4.69) is 10.2 Å². The largest absolute Gasteiger partial charge is 0.396 e. The molecule has 1 saturated heterocycles. The maximum atomic E-state index is 13.3. The Labute approximate surface area is 119 Å². The Bertz CT molecular complexity index is 456. The van der Waals surface area contributed by atoms with Crippen LogP contribution in [-0.4, -0.2) is 37.0 Å². The molecule has 0 radical (unpaired) electrons. The molecule has 5 heteroatoms. The number of halogens is 1. The van der Waals surface area contributed by atoms with Gasteiger partial charge >= 0.3 is 0 Å². The fourth-order valence-corrected chi connectivity index (χ4v) is 2.46. The average molecular weight is 279 g/mol. The van der Waals surface area contributed by atoms with Gasteiger partial charge in [0.15, 0.2) is 0 Å². The number of anilines is 1. The lowest BCUT2D eigenvalue weighted by Crippen LogP contribution is -2.35. The monoisotopic (exact) mass is 279 g/mol. The molecule has 110 valence electrons. The molecule has 2 rings (SSSR count). The molecule has 1 amide bonds. The number of amides is 1. The summed E-state index contributed by atoms with van der Waals surface area (Å²) in [6.45, 7) is 3.65. The highest BCUT2D eigenvalue weighted by Gasteiger charge is 2.11. The van der Waals surface area contributed by atoms with Gasteiger partial charge in [0.05, 0.1) is 5.69 Å². The molecule has 1 fully saturated rings. The number of carbonyl (C=O) groups is 1. The molecular formula is C15H22FN3O. The lowest BCUT2D eigenvalue weighted by Gasteiger charge is -2.19. The van der Waals surface area contributed by atoms with Crippen molar-refractivity contribution in [2.24, 2.45) is 0 Å². The van der Waals surface area contributed by atoms with Gasteiger partial charge in [-0.25, -0.2) is 4.39 Å². The van der Waals surface area contributed by atoms with Gasteiger partial charge in [0.1, 0.15) is 5.82 Å². The first-order chi connectivity index (χ1) is 9.66. The quantitative estimate of drug-likeness (QED) is 0.829. The van der Waals surface area contributed by atoms with Crippen LogP contribution in [0.25, 0.3) is 0 Å². The third-order valence-electron chi connectivity index (χ3n) is 3.67. The van der Waals surface area contributed by atoms with Gasteiger partial charge in [-0.05, 0) is 44.1 Å². The molecule has 4 nitrogen and oxygen atoms in total. The Hall–Kier alpha value is -1.62. The predicted octanol–water partition coefficient (Wildman–Crippen LogP) is 2.01. The van der Waals surface area contributed by atoms with Crippen LogP contribution in [0.15, 0.2) is 18.2 Å². The molecule has 0 atom stereocenters. The topological polar surface area (TPSA) is 58.4 Å². The molecule has 0 aromatic heterocycles. The summed E-state index contributed by atoms with van der Waals surface area (Å²) in [4.78, 5) is 14.3. The van der Waals surface area contributed by atoms with Crippen molar-refractivity contribution >= 4 is 11.6 Å². The van der Waals surface area contributed by atoms with Crippen LogP contribution >= 0.6 is 0 Å². The highest BCUT2D eigenvalue weighted by atomic mass is 19.1. The molecular weight excluding hydrogens is 257 g/mol. The third-order valence-corrected chi connectivity index (χ3v) is 3.67. The van der Waals surface area contributed by atoms with Crippen LogP contribution in [0.1, 0.15) is 36.0 Å². The summed E-state index contributed by atoms with van der Waals surface area (Å²) in [5.41, 5.74) is 5.76. The number of likely N-dealkylation sites (tertiary alicyclic amines) is 1. The van der Waals surface area contributed by atoms with E-state index in [1.807, 2.05) is 0 Å². The van der Waals surface area contributed by atoms with Crippen molar-refractivity contribution in [2.75, 3.05) is 31.9 Å². The van der Waals surface area contributed by atoms with Crippen molar-refractivity contribution in [3.8, 4) is 0 Å². The van der Waals surface area contributed by atoms with Crippen molar-refractivity contribution < 1.29 is 9.18 Å². The number of hydrogen-bond donors (Lipinski definition) is 2. The van der Waals surface area contributed by atoms with E-state index in [9.17, 15) is 9.18 Å². The normalized spacial score (nSPS) is 16.6. The Morgan fingerprint density at radius 1 is 1.25 bits per heavy atom. The first-order valence-corrected chi connectivity index (χ1v) is 7.22. The lowest BCUT2D eigenvalue weighted by atomic mass is 10.2. The highest BCUT2D eigenvalue weighted by molar-refractivity contribution is 5.94. The summed E-state index contributed by atoms with van der Waals surface area (Å²) in [5.74, 6) is -0.802. The smallest absolute Gasteiger partial charge is 0.251 e. The molecule has 0 bridgehead atoms. The molecule has 0 saturated carbocycles. The number of nitrogen functional groups attached to an aromatic ring is 1. The first-order valence-electron chi connectivity index (χ1n) is 7.22. The number of hydrogen-bond acceptors (Lipinski definition) is 3. The first kappa shape index (κ1) is 14.8. The van der Waals surface area contributed by atoms with Crippen molar-refractivity contribution in [2.45, 2.75) is 25.7 Å². The fourth-order valence-electron chi connectivity index (χ4n) is 2.46. The Morgan fingerprint density at radius 2 is 1.95 bits per heavy atom. The van der Waals surface area contributed by atoms with Crippen molar-refractivity contribution in [3.05, 3.63) is 29.6 Å². The predicted molar refractivity (Wildman–Crippen MR) is 78.1 cm³/mol. The SMILES string of the molecule is Nc1ccc(C(=O)NCCN2CCCCCC2)cc1F. The summed E-state index contributed by atoms with van der Waals surface area (Å²) in [7, 11) is 0. The van der Waals surface area contributed by atoms with E-state index in [0.29, 0.717) is 12.1 Å². The van der Waals surface area contributed by atoms with Gasteiger partial charge in [-0.1, -0.05) is 12.8 Å². The number of benzene rings is 1. The van der Waals surface area contributed by atoms with E-state index in [1.54, 1.807) is 6.07 Å². The van der Waals surface area contributed by atoms with Gasteiger partial charge in [-0.15, -0.1) is 0 Å². The lowest BCUT2D eigenvalue weighted by molar-refractivity contribution is 0.0948. The number of carbonyl (C=O) groups excluding carboxylic acids is 1. The maximum absolute atomic E-state index is 13.3. The number of nitrogens with two attached hydrogens (primary N) is 1. The van der Waals surface area contributed by atoms with Gasteiger partial charge in [-0.3, -0.25) is 4.79 Å². The van der Waals surface area contributed by atoms with E-state index in [0.717, 1.165) is 19.6 Å². The van der Waals surface area contributed by atoms with Crippen molar-refractivity contribution in [1.82, 2.24) is 10.2 Å². The summed E-state index contributed by atoms with van der Waals surface area (Å²) in [5, 5.41) is 2.83. The van der Waals surface area contributed by atoms with Gasteiger partial charge in [-0.2, -0.15) is 0 Å². The Kier molecular flexibility index (Phi) is 5.35. The summed E-state index contributed by atoms with van der Waals surface area (Å²) in [6.07, 6.45) is 5.06. The zero-order valence-electron chi connectivity index (χ0n) is 11.7. The van der Waals surface area contributed by atoms with Crippen LogP contribution in [0.5, 0.6) is 0 Å². The second kappa shape index (κ2) is 7.24. The van der Waals surface area contributed by atoms with Gasteiger partial charge in [0.25, 0.3) is 5.91 Å². The molecule has 1 aliphatic rings. The summed E-state index contributed by atoms with van der Waals surface area (Å²) >= 11 is 0. The zero-order valence-corrected chi connectivity index (χ0v) is 11.7. The molecule has 1 aromatic rings. The third kappa shape index (κ3) is 4.20. The zero-order chi connectivity index (χ0) is 14.4. The Balaban J connectivity index is 1.78. The number of nitrogens with one attached hydrogen (secondary N) is 1. The summed E-state index contributed by atoms with van der Waals surface area (Å²) < 4.78 is 13.3. The van der Waals surface area contributed by atoms with E-state index < -0.39 is 5.82 Å². The van der Waals surface area contributed by atoms with Gasteiger partial charge < -0.3 is 16.0 Å². The molecule has 3 N–H and O–H groups in total. The second-order valence-electron chi connectivity index (χ2n) is 5.25. The van der Waals surface area contributed by atoms with E-state index in [-0.39, 0.29) is 11.6 Å². The standard InChI is InChI=1S/C15H22FN3O/c16-13-11-12(5-6-14(13)17)15(20)18-7-10-19-8-3-1-2-4-9-19/h5-6,11H,1-4,7-10,17H2,(H,18,20). The van der Waals surface area contributed by atoms with Crippen LogP contribution in [0.2, 0.25) is 0 Å². The van der Waals surface area contributed by atoms with E-state index in [4.69, 9.17) is 5.73 Å². The second-order valence-corrected chi connectivity index (χ2v) is 5.25. The molecule has 0 aliphatic carbocycles. The van der Waals surface area contributed by atoms with Crippen LogP contribution in [0.4, 0.5) is 10.1 Å². The van der Waals surface area contributed by atoms with Crippen LogP contribution in [-0.2, 0) is 0 Å². The molecule has 20 heavy (non-hydrogen) atoms. The van der Waals surface area contributed by atoms with Crippen molar-refractivity contribution in [3.63, 3.8) is 0 Å². The van der Waals surface area contributed by atoms with E-state index >= 15 is 0 Å². The average Bonchev–Trinajstić information content (AvgIpc) is 2.70. The van der Waals surface area contributed by atoms with Crippen LogP contribution in [0.3, 0.4) is 0 Å². The number of nitrogens with zero attached hydrogens (tertiary/aromatic N) is 1. The van der Waals surface area contributed by atoms with Crippen LogP contribution < -0.4 is 11.1 Å².